The minimum absolute atomic E-state index is 0.218. The van der Waals surface area contributed by atoms with Crippen LogP contribution in [0.15, 0.2) is 22.7 Å². The maximum Gasteiger partial charge on any atom is 0.416 e. The van der Waals surface area contributed by atoms with Crippen LogP contribution in [-0.2, 0) is 6.18 Å². The summed E-state index contributed by atoms with van der Waals surface area (Å²) in [5.41, 5.74) is 0.137. The lowest BCUT2D eigenvalue weighted by Gasteiger charge is -2.29. The third kappa shape index (κ3) is 3.88. The van der Waals surface area contributed by atoms with Crippen LogP contribution >= 0.6 is 31.9 Å². The minimum atomic E-state index is -4.31. The van der Waals surface area contributed by atoms with Crippen molar-refractivity contribution in [3.05, 3.63) is 28.2 Å². The standard InChI is InChI=1S/C12H14Br2F3N/c1-8(2)18(6-5-13)11-4-3-9(7-10(11)14)12(15,16)17/h3-4,7-8H,5-6H2,1-2H3. The fraction of sp³-hybridized carbons (Fsp3) is 0.500. The van der Waals surface area contributed by atoms with Crippen molar-refractivity contribution in [1.82, 2.24) is 0 Å². The lowest BCUT2D eigenvalue weighted by atomic mass is 10.1. The zero-order chi connectivity index (χ0) is 13.9. The van der Waals surface area contributed by atoms with E-state index in [1.54, 1.807) is 0 Å². The number of benzene rings is 1. The van der Waals surface area contributed by atoms with Gasteiger partial charge in [-0.1, -0.05) is 15.9 Å². The van der Waals surface area contributed by atoms with Crippen molar-refractivity contribution in [3.8, 4) is 0 Å². The van der Waals surface area contributed by atoms with E-state index in [1.807, 2.05) is 18.7 Å². The van der Waals surface area contributed by atoms with Gasteiger partial charge in [0.25, 0.3) is 0 Å². The lowest BCUT2D eigenvalue weighted by molar-refractivity contribution is -0.137. The molecule has 0 heterocycles. The quantitative estimate of drug-likeness (QED) is 0.650. The van der Waals surface area contributed by atoms with Gasteiger partial charge < -0.3 is 4.90 Å². The van der Waals surface area contributed by atoms with Crippen LogP contribution in [0.3, 0.4) is 0 Å². The molecular formula is C12H14Br2F3N. The van der Waals surface area contributed by atoms with Gasteiger partial charge in [-0.05, 0) is 48.0 Å². The highest BCUT2D eigenvalue weighted by atomic mass is 79.9. The fourth-order valence-corrected chi connectivity index (χ4v) is 2.65. The topological polar surface area (TPSA) is 3.24 Å². The van der Waals surface area contributed by atoms with E-state index in [-0.39, 0.29) is 6.04 Å². The predicted molar refractivity (Wildman–Crippen MR) is 75.4 cm³/mol. The highest BCUT2D eigenvalue weighted by Crippen LogP contribution is 2.35. The second kappa shape index (κ2) is 6.28. The molecule has 18 heavy (non-hydrogen) atoms. The monoisotopic (exact) mass is 387 g/mol. The Balaban J connectivity index is 3.11. The van der Waals surface area contributed by atoms with Gasteiger partial charge in [0, 0.05) is 22.4 Å². The van der Waals surface area contributed by atoms with Crippen molar-refractivity contribution in [2.24, 2.45) is 0 Å². The van der Waals surface area contributed by atoms with Crippen LogP contribution in [0.5, 0.6) is 0 Å². The zero-order valence-corrected chi connectivity index (χ0v) is 13.2. The Kier molecular flexibility index (Phi) is 5.52. The fourth-order valence-electron chi connectivity index (χ4n) is 1.66. The van der Waals surface area contributed by atoms with Crippen LogP contribution in [0, 0.1) is 0 Å². The highest BCUT2D eigenvalue weighted by molar-refractivity contribution is 9.10. The Labute approximate surface area is 122 Å². The number of hydrogen-bond acceptors (Lipinski definition) is 1. The smallest absolute Gasteiger partial charge is 0.367 e. The van der Waals surface area contributed by atoms with E-state index in [0.29, 0.717) is 4.47 Å². The van der Waals surface area contributed by atoms with E-state index in [1.165, 1.54) is 6.07 Å². The molecule has 0 fully saturated rings. The Morgan fingerprint density at radius 1 is 1.28 bits per heavy atom. The minimum Gasteiger partial charge on any atom is -0.367 e. The van der Waals surface area contributed by atoms with Gasteiger partial charge >= 0.3 is 6.18 Å². The normalized spacial score (nSPS) is 12.0. The van der Waals surface area contributed by atoms with Crippen molar-refractivity contribution < 1.29 is 13.2 Å². The first kappa shape index (κ1) is 15.8. The summed E-state index contributed by atoms with van der Waals surface area (Å²) < 4.78 is 38.2. The Bertz CT molecular complexity index is 405. The molecule has 0 N–H and O–H groups in total. The third-order valence-corrected chi connectivity index (χ3v) is 3.52. The molecule has 0 aromatic heterocycles. The maximum absolute atomic E-state index is 12.6. The number of anilines is 1. The first-order valence-electron chi connectivity index (χ1n) is 5.46. The van der Waals surface area contributed by atoms with E-state index in [9.17, 15) is 13.2 Å². The molecule has 6 heteroatoms. The summed E-state index contributed by atoms with van der Waals surface area (Å²) in [6.07, 6.45) is -4.31. The van der Waals surface area contributed by atoms with E-state index in [0.717, 1.165) is 29.7 Å². The first-order valence-corrected chi connectivity index (χ1v) is 7.38. The summed E-state index contributed by atoms with van der Waals surface area (Å²) in [4.78, 5) is 2.04. The third-order valence-electron chi connectivity index (χ3n) is 2.53. The largest absolute Gasteiger partial charge is 0.416 e. The van der Waals surface area contributed by atoms with E-state index < -0.39 is 11.7 Å². The van der Waals surface area contributed by atoms with Crippen LogP contribution in [0.4, 0.5) is 18.9 Å². The molecule has 0 bridgehead atoms. The van der Waals surface area contributed by atoms with Gasteiger partial charge in [-0.2, -0.15) is 13.2 Å². The molecule has 102 valence electrons. The number of alkyl halides is 4. The van der Waals surface area contributed by atoms with E-state index >= 15 is 0 Å². The second-order valence-corrected chi connectivity index (χ2v) is 5.79. The Morgan fingerprint density at radius 2 is 1.89 bits per heavy atom. The zero-order valence-electron chi connectivity index (χ0n) is 10.1. The van der Waals surface area contributed by atoms with Gasteiger partial charge in [-0.15, -0.1) is 0 Å². The Hall–Kier alpha value is -0.230. The number of hydrogen-bond donors (Lipinski definition) is 0. The highest BCUT2D eigenvalue weighted by Gasteiger charge is 2.31. The van der Waals surface area contributed by atoms with Crippen LogP contribution in [0.25, 0.3) is 0 Å². The summed E-state index contributed by atoms with van der Waals surface area (Å²) in [6.45, 7) is 4.75. The summed E-state index contributed by atoms with van der Waals surface area (Å²) in [6, 6.07) is 3.97. The molecule has 1 rings (SSSR count). The number of nitrogens with zero attached hydrogens (tertiary/aromatic N) is 1. The van der Waals surface area contributed by atoms with Crippen LogP contribution in [0.1, 0.15) is 19.4 Å². The van der Waals surface area contributed by atoms with Gasteiger partial charge in [0.1, 0.15) is 0 Å². The van der Waals surface area contributed by atoms with Crippen LogP contribution < -0.4 is 4.90 Å². The molecule has 1 nitrogen and oxygen atoms in total. The van der Waals surface area contributed by atoms with Crippen molar-refractivity contribution in [3.63, 3.8) is 0 Å². The molecule has 0 spiro atoms. The summed E-state index contributed by atoms with van der Waals surface area (Å²) in [5, 5.41) is 0.763. The van der Waals surface area contributed by atoms with E-state index in [4.69, 9.17) is 0 Å². The molecule has 0 saturated heterocycles. The van der Waals surface area contributed by atoms with Crippen LogP contribution in [0.2, 0.25) is 0 Å². The summed E-state index contributed by atoms with van der Waals surface area (Å²) >= 11 is 6.57. The molecule has 0 saturated carbocycles. The molecule has 0 aliphatic carbocycles. The second-order valence-electron chi connectivity index (χ2n) is 4.14. The predicted octanol–water partition coefficient (Wildman–Crippen LogP) is 5.08. The summed E-state index contributed by atoms with van der Waals surface area (Å²) in [5.74, 6) is 0. The molecule has 0 aliphatic rings. The van der Waals surface area contributed by atoms with Gasteiger partial charge in [-0.3, -0.25) is 0 Å². The molecule has 0 amide bonds. The average molecular weight is 389 g/mol. The molecule has 1 aromatic carbocycles. The van der Waals surface area contributed by atoms with Crippen LogP contribution in [-0.4, -0.2) is 17.9 Å². The number of rotatable bonds is 4. The average Bonchev–Trinajstić information content (AvgIpc) is 2.24. The van der Waals surface area contributed by atoms with Crippen molar-refractivity contribution in [2.45, 2.75) is 26.1 Å². The van der Waals surface area contributed by atoms with Gasteiger partial charge in [0.2, 0.25) is 0 Å². The maximum atomic E-state index is 12.6. The first-order chi connectivity index (χ1) is 8.27. The Morgan fingerprint density at radius 3 is 2.28 bits per heavy atom. The molecule has 0 unspecified atom stereocenters. The summed E-state index contributed by atoms with van der Waals surface area (Å²) in [7, 11) is 0. The molecule has 0 radical (unpaired) electrons. The van der Waals surface area contributed by atoms with Gasteiger partial charge in [-0.25, -0.2) is 0 Å². The molecular weight excluding hydrogens is 375 g/mol. The van der Waals surface area contributed by atoms with Crippen molar-refractivity contribution in [1.29, 1.82) is 0 Å². The lowest BCUT2D eigenvalue weighted by Crippen LogP contribution is -2.32. The van der Waals surface area contributed by atoms with Crippen molar-refractivity contribution >= 4 is 37.5 Å². The van der Waals surface area contributed by atoms with E-state index in [2.05, 4.69) is 31.9 Å². The molecule has 1 aromatic rings. The number of halogens is 5. The van der Waals surface area contributed by atoms with Crippen molar-refractivity contribution in [2.75, 3.05) is 16.8 Å². The SMILES string of the molecule is CC(C)N(CCBr)c1ccc(C(F)(F)F)cc1Br. The molecule has 0 atom stereocenters. The molecule has 0 aliphatic heterocycles. The van der Waals surface area contributed by atoms with Gasteiger partial charge in [0.05, 0.1) is 11.3 Å². The van der Waals surface area contributed by atoms with Gasteiger partial charge in [0.15, 0.2) is 0 Å².